The van der Waals surface area contributed by atoms with E-state index < -0.39 is 65.9 Å². The van der Waals surface area contributed by atoms with Gasteiger partial charge in [-0.3, -0.25) is 4.79 Å². The maximum absolute atomic E-state index is 13.4. The van der Waals surface area contributed by atoms with Gasteiger partial charge >= 0.3 is 24.5 Å². The molecule has 23 heavy (non-hydrogen) atoms. The van der Waals surface area contributed by atoms with Crippen molar-refractivity contribution in [2.24, 2.45) is 0 Å². The van der Waals surface area contributed by atoms with Crippen molar-refractivity contribution >= 4 is 5.91 Å². The van der Waals surface area contributed by atoms with Crippen molar-refractivity contribution in [3.8, 4) is 0 Å². The van der Waals surface area contributed by atoms with Crippen molar-refractivity contribution in [1.82, 2.24) is 4.90 Å². The first kappa shape index (κ1) is 19.5. The summed E-state index contributed by atoms with van der Waals surface area (Å²) in [5.74, 6) is -8.21. The van der Waals surface area contributed by atoms with Gasteiger partial charge in [0.15, 0.2) is 5.57 Å². The maximum atomic E-state index is 13.4. The lowest BCUT2D eigenvalue weighted by atomic mass is 10.1. The van der Waals surface area contributed by atoms with Crippen molar-refractivity contribution in [2.45, 2.75) is 37.3 Å². The molecule has 1 fully saturated rings. The summed E-state index contributed by atoms with van der Waals surface area (Å²) in [6.45, 7) is -1.12. The maximum Gasteiger partial charge on any atom is 0.459 e. The van der Waals surface area contributed by atoms with E-state index in [0.29, 0.717) is 0 Å². The Labute approximate surface area is 120 Å². The van der Waals surface area contributed by atoms with Crippen LogP contribution in [0.4, 0.5) is 48.3 Å². The number of alkyl halides is 11. The van der Waals surface area contributed by atoms with Crippen molar-refractivity contribution in [1.29, 1.82) is 0 Å². The number of nitrogens with zero attached hydrogens (tertiary/aromatic N) is 1. The number of likely N-dealkylation sites (tertiary alicyclic amines) is 1. The average molecular weight is 365 g/mol. The predicted octanol–water partition coefficient (Wildman–Crippen LogP) is 4.19. The number of carbonyl (C=O) groups excluding carboxylic acids is 1. The van der Waals surface area contributed by atoms with Crippen LogP contribution >= 0.6 is 0 Å². The highest BCUT2D eigenvalue weighted by Crippen LogP contribution is 2.50. The van der Waals surface area contributed by atoms with Gasteiger partial charge in [0.1, 0.15) is 5.70 Å². The van der Waals surface area contributed by atoms with Crippen LogP contribution in [-0.4, -0.2) is 41.8 Å². The molecular formula is C10H6F11NO. The van der Waals surface area contributed by atoms with Crippen LogP contribution in [-0.2, 0) is 4.79 Å². The van der Waals surface area contributed by atoms with E-state index >= 15 is 0 Å². The zero-order chi connectivity index (χ0) is 18.4. The van der Waals surface area contributed by atoms with Crippen LogP contribution < -0.4 is 0 Å². The normalized spacial score (nSPS) is 17.7. The Morgan fingerprint density at radius 3 is 1.52 bits per heavy atom. The van der Waals surface area contributed by atoms with E-state index in [2.05, 4.69) is 0 Å². The molecule has 0 atom stereocenters. The number of carbonyl (C=O) groups is 1. The van der Waals surface area contributed by atoms with Gasteiger partial charge in [-0.1, -0.05) is 0 Å². The highest BCUT2D eigenvalue weighted by Gasteiger charge is 2.68. The van der Waals surface area contributed by atoms with Crippen LogP contribution in [0.1, 0.15) is 12.8 Å². The molecule has 0 aromatic carbocycles. The molecule has 1 rings (SSSR count). The number of rotatable bonds is 2. The van der Waals surface area contributed by atoms with E-state index in [4.69, 9.17) is 0 Å². The van der Waals surface area contributed by atoms with Gasteiger partial charge in [0, 0.05) is 13.0 Å². The SMILES string of the molecule is O=C1CCCN1C(=C(C(F)(F)F)C(F)(F)F)C(F)(F)C(F)(F)F. The van der Waals surface area contributed by atoms with Gasteiger partial charge in [0.2, 0.25) is 5.91 Å². The van der Waals surface area contributed by atoms with E-state index in [0.717, 1.165) is 0 Å². The standard InChI is InChI=1S/C10H6F11NO/c11-7(12,10(19,20)21)6(22-3-1-2-4(22)23)5(8(13,14)15)9(16,17)18/h1-3H2. The summed E-state index contributed by atoms with van der Waals surface area (Å²) in [6, 6.07) is 0. The van der Waals surface area contributed by atoms with E-state index in [9.17, 15) is 53.1 Å². The average Bonchev–Trinajstić information content (AvgIpc) is 2.66. The molecule has 13 heteroatoms. The molecule has 0 radical (unpaired) electrons. The Balaban J connectivity index is 3.82. The van der Waals surface area contributed by atoms with E-state index in [1.165, 1.54) is 0 Å². The molecule has 0 spiro atoms. The van der Waals surface area contributed by atoms with Crippen LogP contribution in [0.15, 0.2) is 11.3 Å². The van der Waals surface area contributed by atoms with Gasteiger partial charge < -0.3 is 4.90 Å². The minimum Gasteiger partial charge on any atom is -0.310 e. The number of hydrogen-bond acceptors (Lipinski definition) is 1. The molecule has 1 aliphatic heterocycles. The Kier molecular flexibility index (Phi) is 4.67. The summed E-state index contributed by atoms with van der Waals surface area (Å²) in [5.41, 5.74) is -7.49. The fourth-order valence-corrected chi connectivity index (χ4v) is 1.91. The second-order valence-corrected chi connectivity index (χ2v) is 4.44. The monoisotopic (exact) mass is 365 g/mol. The van der Waals surface area contributed by atoms with Gasteiger partial charge in [-0.05, 0) is 6.42 Å². The summed E-state index contributed by atoms with van der Waals surface area (Å²) >= 11 is 0. The van der Waals surface area contributed by atoms with Crippen LogP contribution in [0, 0.1) is 0 Å². The third kappa shape index (κ3) is 3.68. The molecule has 1 amide bonds. The molecule has 0 aromatic heterocycles. The molecule has 0 aromatic rings. The first-order valence-electron chi connectivity index (χ1n) is 5.65. The highest BCUT2D eigenvalue weighted by molar-refractivity contribution is 5.80. The van der Waals surface area contributed by atoms with Gasteiger partial charge in [-0.15, -0.1) is 0 Å². The lowest BCUT2D eigenvalue weighted by molar-refractivity contribution is -0.274. The Hall–Kier alpha value is -1.56. The molecular weight excluding hydrogens is 359 g/mol. The van der Waals surface area contributed by atoms with E-state index in [1.807, 2.05) is 0 Å². The second-order valence-electron chi connectivity index (χ2n) is 4.44. The first-order chi connectivity index (χ1) is 10.0. The molecule has 1 heterocycles. The van der Waals surface area contributed by atoms with Gasteiger partial charge in [-0.2, -0.15) is 48.3 Å². The highest BCUT2D eigenvalue weighted by atomic mass is 19.4. The lowest BCUT2D eigenvalue weighted by Gasteiger charge is -2.32. The molecule has 0 aliphatic carbocycles. The largest absolute Gasteiger partial charge is 0.459 e. The summed E-state index contributed by atoms with van der Waals surface area (Å²) in [7, 11) is 0. The molecule has 134 valence electrons. The second kappa shape index (κ2) is 5.51. The molecule has 0 unspecified atom stereocenters. The van der Waals surface area contributed by atoms with E-state index in [1.54, 1.807) is 0 Å². The summed E-state index contributed by atoms with van der Waals surface area (Å²) in [5, 5.41) is 0. The van der Waals surface area contributed by atoms with Crippen molar-refractivity contribution in [3.63, 3.8) is 0 Å². The molecule has 0 bridgehead atoms. The molecule has 1 aliphatic rings. The summed E-state index contributed by atoms with van der Waals surface area (Å²) < 4.78 is 139. The van der Waals surface area contributed by atoms with Gasteiger partial charge in [0.05, 0.1) is 0 Å². The van der Waals surface area contributed by atoms with Crippen LogP contribution in [0.5, 0.6) is 0 Å². The summed E-state index contributed by atoms with van der Waals surface area (Å²) in [6.07, 6.45) is -21.1. The number of hydrogen-bond donors (Lipinski definition) is 0. The molecule has 1 saturated heterocycles. The van der Waals surface area contributed by atoms with Crippen LogP contribution in [0.2, 0.25) is 0 Å². The third-order valence-corrected chi connectivity index (χ3v) is 2.80. The predicted molar refractivity (Wildman–Crippen MR) is 51.1 cm³/mol. The van der Waals surface area contributed by atoms with Crippen molar-refractivity contribution in [2.75, 3.05) is 6.54 Å². The smallest absolute Gasteiger partial charge is 0.310 e. The van der Waals surface area contributed by atoms with Crippen molar-refractivity contribution in [3.05, 3.63) is 11.3 Å². The van der Waals surface area contributed by atoms with Crippen LogP contribution in [0.25, 0.3) is 0 Å². The van der Waals surface area contributed by atoms with Gasteiger partial charge in [-0.25, -0.2) is 0 Å². The Morgan fingerprint density at radius 1 is 0.826 bits per heavy atom. The zero-order valence-corrected chi connectivity index (χ0v) is 10.6. The lowest BCUT2D eigenvalue weighted by Crippen LogP contribution is -2.49. The molecule has 0 saturated carbocycles. The number of amides is 1. The van der Waals surface area contributed by atoms with E-state index in [-0.39, 0.29) is 0 Å². The number of allylic oxidation sites excluding steroid dienone is 2. The number of halogens is 11. The topological polar surface area (TPSA) is 20.3 Å². The van der Waals surface area contributed by atoms with Gasteiger partial charge in [0.25, 0.3) is 0 Å². The fourth-order valence-electron chi connectivity index (χ4n) is 1.91. The van der Waals surface area contributed by atoms with Crippen molar-refractivity contribution < 1.29 is 53.1 Å². The molecule has 2 nitrogen and oxygen atoms in total. The minimum atomic E-state index is -6.76. The minimum absolute atomic E-state index is 0.459. The summed E-state index contributed by atoms with van der Waals surface area (Å²) in [4.78, 5) is 10.4. The quantitative estimate of drug-likeness (QED) is 0.673. The Morgan fingerprint density at radius 2 is 1.26 bits per heavy atom. The molecule has 0 N–H and O–H groups in total. The zero-order valence-electron chi connectivity index (χ0n) is 10.6. The first-order valence-corrected chi connectivity index (χ1v) is 5.65. The third-order valence-electron chi connectivity index (χ3n) is 2.80. The van der Waals surface area contributed by atoms with Crippen LogP contribution in [0.3, 0.4) is 0 Å². The Bertz CT molecular complexity index is 494. The fraction of sp³-hybridized carbons (Fsp3) is 0.700.